The number of hydrogen-bond donors (Lipinski definition) is 2. The second-order valence-corrected chi connectivity index (χ2v) is 4.93. The molecule has 0 saturated heterocycles. The van der Waals surface area contributed by atoms with Gasteiger partial charge in [-0.15, -0.1) is 0 Å². The Morgan fingerprint density at radius 2 is 2.05 bits per heavy atom. The molecule has 1 rings (SSSR count). The number of amides is 1. The lowest BCUT2D eigenvalue weighted by atomic mass is 10.0. The van der Waals surface area contributed by atoms with E-state index in [2.05, 4.69) is 10.6 Å². The Balaban J connectivity index is 2.80. The summed E-state index contributed by atoms with van der Waals surface area (Å²) in [5.74, 6) is 0.799. The summed E-state index contributed by atoms with van der Waals surface area (Å²) in [7, 11) is 3.49. The van der Waals surface area contributed by atoms with Crippen LogP contribution in [0.5, 0.6) is 5.75 Å². The second-order valence-electron chi connectivity index (χ2n) is 4.93. The van der Waals surface area contributed by atoms with E-state index in [0.717, 1.165) is 16.9 Å². The molecule has 0 bridgehead atoms. The molecule has 106 valence electrons. The zero-order valence-corrected chi connectivity index (χ0v) is 12.4. The Morgan fingerprint density at radius 1 is 1.37 bits per heavy atom. The molecule has 0 heterocycles. The van der Waals surface area contributed by atoms with Crippen molar-refractivity contribution >= 4 is 5.91 Å². The largest absolute Gasteiger partial charge is 0.496 e. The van der Waals surface area contributed by atoms with Crippen molar-refractivity contribution in [2.45, 2.75) is 26.8 Å². The standard InChI is InChI=1S/C15H24N2O2/c1-10-6-7-14(19-5)13(8-10)12(3)17-15(18)11(2)9-16-4/h6-8,11-12,16H,9H2,1-5H3,(H,17,18). The first-order chi connectivity index (χ1) is 8.99. The first kappa shape index (κ1) is 15.5. The zero-order chi connectivity index (χ0) is 14.4. The molecular formula is C15H24N2O2. The summed E-state index contributed by atoms with van der Waals surface area (Å²) in [4.78, 5) is 12.0. The van der Waals surface area contributed by atoms with Crippen LogP contribution in [0.2, 0.25) is 0 Å². The summed E-state index contributed by atoms with van der Waals surface area (Å²) in [5.41, 5.74) is 2.16. The highest BCUT2D eigenvalue weighted by Gasteiger charge is 2.17. The van der Waals surface area contributed by atoms with E-state index in [0.29, 0.717) is 6.54 Å². The smallest absolute Gasteiger partial charge is 0.224 e. The van der Waals surface area contributed by atoms with Gasteiger partial charge in [0, 0.05) is 18.0 Å². The Morgan fingerprint density at radius 3 is 2.63 bits per heavy atom. The van der Waals surface area contributed by atoms with Gasteiger partial charge in [0.25, 0.3) is 0 Å². The average molecular weight is 264 g/mol. The van der Waals surface area contributed by atoms with Gasteiger partial charge in [-0.25, -0.2) is 0 Å². The molecule has 2 N–H and O–H groups in total. The van der Waals surface area contributed by atoms with Gasteiger partial charge in [-0.3, -0.25) is 4.79 Å². The van der Waals surface area contributed by atoms with E-state index < -0.39 is 0 Å². The Hall–Kier alpha value is -1.55. The van der Waals surface area contributed by atoms with E-state index in [9.17, 15) is 4.79 Å². The number of carbonyl (C=O) groups excluding carboxylic acids is 1. The number of rotatable bonds is 6. The lowest BCUT2D eigenvalue weighted by molar-refractivity contribution is -0.125. The van der Waals surface area contributed by atoms with Gasteiger partial charge in [0.1, 0.15) is 5.75 Å². The quantitative estimate of drug-likeness (QED) is 0.826. The highest BCUT2D eigenvalue weighted by Crippen LogP contribution is 2.26. The maximum Gasteiger partial charge on any atom is 0.224 e. The Labute approximate surface area is 115 Å². The second kappa shape index (κ2) is 7.14. The van der Waals surface area contributed by atoms with Crippen LogP contribution >= 0.6 is 0 Å². The van der Waals surface area contributed by atoms with Crippen molar-refractivity contribution in [2.75, 3.05) is 20.7 Å². The summed E-state index contributed by atoms with van der Waals surface area (Å²) in [5, 5.41) is 6.03. The number of methoxy groups -OCH3 is 1. The number of hydrogen-bond acceptors (Lipinski definition) is 3. The molecule has 4 heteroatoms. The van der Waals surface area contributed by atoms with Gasteiger partial charge in [-0.05, 0) is 27.0 Å². The van der Waals surface area contributed by atoms with Gasteiger partial charge in [0.05, 0.1) is 13.2 Å². The van der Waals surface area contributed by atoms with Crippen molar-refractivity contribution < 1.29 is 9.53 Å². The van der Waals surface area contributed by atoms with Gasteiger partial charge >= 0.3 is 0 Å². The lowest BCUT2D eigenvalue weighted by Crippen LogP contribution is -2.35. The molecule has 0 radical (unpaired) electrons. The molecule has 0 fully saturated rings. The van der Waals surface area contributed by atoms with Crippen LogP contribution in [0.3, 0.4) is 0 Å². The van der Waals surface area contributed by atoms with E-state index in [4.69, 9.17) is 4.74 Å². The highest BCUT2D eigenvalue weighted by molar-refractivity contribution is 5.79. The molecule has 19 heavy (non-hydrogen) atoms. The molecule has 2 unspecified atom stereocenters. The molecule has 0 aliphatic heterocycles. The normalized spacial score (nSPS) is 13.7. The molecule has 0 spiro atoms. The highest BCUT2D eigenvalue weighted by atomic mass is 16.5. The minimum absolute atomic E-state index is 0.0467. The van der Waals surface area contributed by atoms with Crippen LogP contribution in [0.1, 0.15) is 31.0 Å². The van der Waals surface area contributed by atoms with Gasteiger partial charge in [-0.1, -0.05) is 24.6 Å². The molecule has 0 aromatic heterocycles. The van der Waals surface area contributed by atoms with Gasteiger partial charge in [-0.2, -0.15) is 0 Å². The van der Waals surface area contributed by atoms with Crippen LogP contribution in [0.25, 0.3) is 0 Å². The van der Waals surface area contributed by atoms with Crippen molar-refractivity contribution in [1.29, 1.82) is 0 Å². The zero-order valence-electron chi connectivity index (χ0n) is 12.4. The van der Waals surface area contributed by atoms with Crippen LogP contribution in [-0.2, 0) is 4.79 Å². The molecule has 1 amide bonds. The third kappa shape index (κ3) is 4.24. The van der Waals surface area contributed by atoms with Crippen LogP contribution in [0.15, 0.2) is 18.2 Å². The van der Waals surface area contributed by atoms with Crippen LogP contribution in [0, 0.1) is 12.8 Å². The Bertz CT molecular complexity index is 432. The van der Waals surface area contributed by atoms with E-state index in [1.807, 2.05) is 46.0 Å². The first-order valence-electron chi connectivity index (χ1n) is 6.59. The average Bonchev–Trinajstić information content (AvgIpc) is 2.38. The maximum atomic E-state index is 12.0. The van der Waals surface area contributed by atoms with Crippen LogP contribution in [0.4, 0.5) is 0 Å². The van der Waals surface area contributed by atoms with E-state index in [1.165, 1.54) is 0 Å². The summed E-state index contributed by atoms with van der Waals surface area (Å²) in [6, 6.07) is 5.92. The third-order valence-corrected chi connectivity index (χ3v) is 3.17. The lowest BCUT2D eigenvalue weighted by Gasteiger charge is -2.20. The minimum Gasteiger partial charge on any atom is -0.496 e. The van der Waals surface area contributed by atoms with E-state index in [1.54, 1.807) is 7.11 Å². The number of benzene rings is 1. The maximum absolute atomic E-state index is 12.0. The predicted octanol–water partition coefficient (Wildman–Crippen LogP) is 2.04. The molecule has 1 aromatic rings. The monoisotopic (exact) mass is 264 g/mol. The fourth-order valence-electron chi connectivity index (χ4n) is 2.02. The summed E-state index contributed by atoms with van der Waals surface area (Å²) in [6.45, 7) is 6.58. The van der Waals surface area contributed by atoms with Crippen molar-refractivity contribution in [2.24, 2.45) is 5.92 Å². The van der Waals surface area contributed by atoms with Gasteiger partial charge in [0.15, 0.2) is 0 Å². The number of aryl methyl sites for hydroxylation is 1. The van der Waals surface area contributed by atoms with Crippen molar-refractivity contribution in [1.82, 2.24) is 10.6 Å². The van der Waals surface area contributed by atoms with Gasteiger partial charge < -0.3 is 15.4 Å². The number of carbonyl (C=O) groups is 1. The van der Waals surface area contributed by atoms with E-state index in [-0.39, 0.29) is 17.9 Å². The summed E-state index contributed by atoms with van der Waals surface area (Å²) < 4.78 is 5.35. The third-order valence-electron chi connectivity index (χ3n) is 3.17. The predicted molar refractivity (Wildman–Crippen MR) is 77.4 cm³/mol. The van der Waals surface area contributed by atoms with Crippen molar-refractivity contribution in [3.05, 3.63) is 29.3 Å². The Kier molecular flexibility index (Phi) is 5.83. The van der Waals surface area contributed by atoms with Crippen molar-refractivity contribution in [3.8, 4) is 5.75 Å². The molecular weight excluding hydrogens is 240 g/mol. The number of nitrogens with one attached hydrogen (secondary N) is 2. The van der Waals surface area contributed by atoms with E-state index >= 15 is 0 Å². The van der Waals surface area contributed by atoms with Crippen molar-refractivity contribution in [3.63, 3.8) is 0 Å². The summed E-state index contributed by atoms with van der Waals surface area (Å²) >= 11 is 0. The molecule has 4 nitrogen and oxygen atoms in total. The molecule has 1 aromatic carbocycles. The topological polar surface area (TPSA) is 50.4 Å². The fourth-order valence-corrected chi connectivity index (χ4v) is 2.02. The number of ether oxygens (including phenoxy) is 1. The minimum atomic E-state index is -0.0679. The summed E-state index contributed by atoms with van der Waals surface area (Å²) in [6.07, 6.45) is 0. The molecule has 0 aliphatic carbocycles. The molecule has 0 aliphatic rings. The fraction of sp³-hybridized carbons (Fsp3) is 0.533. The molecule has 0 saturated carbocycles. The van der Waals surface area contributed by atoms with Gasteiger partial charge in [0.2, 0.25) is 5.91 Å². The van der Waals surface area contributed by atoms with Crippen LogP contribution in [-0.4, -0.2) is 26.6 Å². The SMILES string of the molecule is CNCC(C)C(=O)NC(C)c1cc(C)ccc1OC. The molecule has 2 atom stereocenters. The van der Waals surface area contributed by atoms with Crippen LogP contribution < -0.4 is 15.4 Å². The first-order valence-corrected chi connectivity index (χ1v) is 6.59.